The van der Waals surface area contributed by atoms with Crippen molar-refractivity contribution in [3.63, 3.8) is 0 Å². The largest absolute Gasteiger partial charge is 0.350 e. The van der Waals surface area contributed by atoms with Crippen LogP contribution in [0.3, 0.4) is 0 Å². The van der Waals surface area contributed by atoms with E-state index in [1.807, 2.05) is 49.5 Å². The lowest BCUT2D eigenvalue weighted by atomic mass is 10.0. The molecule has 8 heteroatoms. The lowest BCUT2D eigenvalue weighted by Crippen LogP contribution is -2.36. The van der Waals surface area contributed by atoms with Crippen LogP contribution in [0.5, 0.6) is 0 Å². The van der Waals surface area contributed by atoms with E-state index in [0.717, 1.165) is 61.0 Å². The molecule has 3 N–H and O–H groups in total. The molecule has 2 unspecified atom stereocenters. The second kappa shape index (κ2) is 9.46. The van der Waals surface area contributed by atoms with Crippen molar-refractivity contribution in [2.45, 2.75) is 18.9 Å². The zero-order valence-electron chi connectivity index (χ0n) is 22.3. The summed E-state index contributed by atoms with van der Waals surface area (Å²) in [6.07, 6.45) is -0.436. The minimum atomic E-state index is -0.262. The molecule has 4 aromatic carbocycles. The second-order valence-corrected chi connectivity index (χ2v) is 10.2. The Morgan fingerprint density at radius 1 is 0.683 bits per heavy atom. The van der Waals surface area contributed by atoms with Crippen LogP contribution in [0.4, 0.5) is 0 Å². The number of aliphatic imine (C=N–C) groups is 3. The molecule has 198 valence electrons. The molecule has 6 bridgehead atoms. The highest BCUT2D eigenvalue weighted by molar-refractivity contribution is 6.22. The van der Waals surface area contributed by atoms with E-state index in [0.29, 0.717) is 18.2 Å². The molecule has 8 nitrogen and oxygen atoms in total. The van der Waals surface area contributed by atoms with Gasteiger partial charge in [-0.25, -0.2) is 15.0 Å². The monoisotopic (exact) mass is 534 g/mol. The third-order valence-corrected chi connectivity index (χ3v) is 7.87. The maximum Gasteiger partial charge on any atom is 0.164 e. The molecule has 0 radical (unpaired) electrons. The van der Waals surface area contributed by atoms with E-state index in [1.165, 1.54) is 0 Å². The number of benzene rings is 4. The molecular weight excluding hydrogens is 508 g/mol. The van der Waals surface area contributed by atoms with E-state index in [9.17, 15) is 0 Å². The maximum atomic E-state index is 5.20. The summed E-state index contributed by atoms with van der Waals surface area (Å²) in [4.78, 5) is 28.3. The van der Waals surface area contributed by atoms with Gasteiger partial charge in [0.1, 0.15) is 29.1 Å². The zero-order valence-corrected chi connectivity index (χ0v) is 22.3. The topological polar surface area (TPSA) is 102 Å². The van der Waals surface area contributed by atoms with E-state index >= 15 is 0 Å². The number of rotatable bonds is 0. The van der Waals surface area contributed by atoms with Gasteiger partial charge < -0.3 is 10.3 Å². The van der Waals surface area contributed by atoms with Gasteiger partial charge in [-0.3, -0.25) is 15.3 Å². The first-order valence-corrected chi connectivity index (χ1v) is 13.7. The van der Waals surface area contributed by atoms with Crippen LogP contribution in [0.15, 0.2) is 122 Å². The number of amidine groups is 3. The van der Waals surface area contributed by atoms with Gasteiger partial charge >= 0.3 is 0 Å². The van der Waals surface area contributed by atoms with Gasteiger partial charge in [0.2, 0.25) is 0 Å². The van der Waals surface area contributed by atoms with Crippen LogP contribution in [0, 0.1) is 0 Å². The molecule has 0 saturated carbocycles. The Balaban J connectivity index is 1.40. The number of hydrogen-bond donors (Lipinski definition) is 3. The summed E-state index contributed by atoms with van der Waals surface area (Å²) in [5.41, 5.74) is 7.76. The predicted molar refractivity (Wildman–Crippen MR) is 161 cm³/mol. The van der Waals surface area contributed by atoms with Crippen molar-refractivity contribution in [2.75, 3.05) is 7.05 Å². The number of nitrogens with zero attached hydrogens (tertiary/aromatic N) is 5. The summed E-state index contributed by atoms with van der Waals surface area (Å²) in [6.45, 7) is 0.458. The van der Waals surface area contributed by atoms with Gasteiger partial charge in [0.05, 0.1) is 6.54 Å². The van der Waals surface area contributed by atoms with Gasteiger partial charge in [0.15, 0.2) is 11.7 Å². The number of fused-ring (bicyclic) bond motifs is 15. The summed E-state index contributed by atoms with van der Waals surface area (Å²) in [5.74, 6) is 2.10. The lowest BCUT2D eigenvalue weighted by molar-refractivity contribution is 0.479. The number of nitrogens with one attached hydrogen (secondary N) is 3. The van der Waals surface area contributed by atoms with E-state index in [-0.39, 0.29) is 12.3 Å². The first-order valence-electron chi connectivity index (χ1n) is 13.7. The van der Waals surface area contributed by atoms with Crippen LogP contribution in [-0.2, 0) is 6.54 Å². The first-order chi connectivity index (χ1) is 20.3. The van der Waals surface area contributed by atoms with Gasteiger partial charge in [-0.15, -0.1) is 0 Å². The molecule has 3 aliphatic heterocycles. The van der Waals surface area contributed by atoms with E-state index in [2.05, 4.69) is 75.2 Å². The summed E-state index contributed by atoms with van der Waals surface area (Å²) < 4.78 is 0. The summed E-state index contributed by atoms with van der Waals surface area (Å²) in [5, 5.41) is 9.35. The number of hydrogen-bond acceptors (Lipinski definition) is 6. The molecule has 3 aliphatic rings. The normalized spacial score (nSPS) is 20.1. The molecule has 0 aliphatic carbocycles. The van der Waals surface area contributed by atoms with E-state index in [4.69, 9.17) is 20.0 Å². The van der Waals surface area contributed by atoms with Crippen molar-refractivity contribution in [3.8, 4) is 0 Å². The van der Waals surface area contributed by atoms with Crippen molar-refractivity contribution < 1.29 is 0 Å². The number of aromatic nitrogens is 1. The maximum absolute atomic E-state index is 5.20. The molecule has 0 spiro atoms. The molecule has 0 amide bonds. The Kier molecular flexibility index (Phi) is 5.46. The number of aromatic amines is 1. The van der Waals surface area contributed by atoms with Crippen LogP contribution in [0.2, 0.25) is 0 Å². The van der Waals surface area contributed by atoms with Crippen LogP contribution >= 0.6 is 0 Å². The molecule has 0 saturated heterocycles. The van der Waals surface area contributed by atoms with E-state index < -0.39 is 0 Å². The second-order valence-electron chi connectivity index (χ2n) is 10.2. The highest BCUT2D eigenvalue weighted by Crippen LogP contribution is 2.32. The highest BCUT2D eigenvalue weighted by Gasteiger charge is 2.31. The van der Waals surface area contributed by atoms with Gasteiger partial charge in [0.25, 0.3) is 0 Å². The summed E-state index contributed by atoms with van der Waals surface area (Å²) in [6, 6.07) is 33.0. The Morgan fingerprint density at radius 3 is 2.15 bits per heavy atom. The lowest BCUT2D eigenvalue weighted by Gasteiger charge is -2.19. The van der Waals surface area contributed by atoms with Crippen molar-refractivity contribution in [1.82, 2.24) is 15.6 Å². The fourth-order valence-electron chi connectivity index (χ4n) is 5.90. The molecular formula is C33H26N8. The Bertz CT molecular complexity index is 2070. The Labute approximate surface area is 236 Å². The third kappa shape index (κ3) is 3.91. The minimum Gasteiger partial charge on any atom is -0.350 e. The van der Waals surface area contributed by atoms with Crippen molar-refractivity contribution in [1.29, 1.82) is 0 Å². The smallest absolute Gasteiger partial charge is 0.164 e. The van der Waals surface area contributed by atoms with Gasteiger partial charge in [-0.2, -0.15) is 0 Å². The van der Waals surface area contributed by atoms with Crippen molar-refractivity contribution in [3.05, 3.63) is 141 Å². The fraction of sp³-hybridized carbons (Fsp3) is 0.121. The first kappa shape index (κ1) is 23.7. The fourth-order valence-corrected chi connectivity index (χ4v) is 5.90. The van der Waals surface area contributed by atoms with Crippen LogP contribution in [-0.4, -0.2) is 29.5 Å². The average molecular weight is 535 g/mol. The van der Waals surface area contributed by atoms with Gasteiger partial charge in [-0.1, -0.05) is 97.1 Å². The molecule has 4 heterocycles. The zero-order chi connectivity index (χ0) is 27.3. The molecule has 1 aromatic heterocycles. The van der Waals surface area contributed by atoms with Crippen molar-refractivity contribution >= 4 is 28.3 Å². The SMILES string of the molecule is CN=C1NC2NC(N=c3[nH]c(c4ccccc34)=NC3=NC(=NCc4ccccc41)c1ccccc13)c1ccccc12. The number of H-pyrrole nitrogens is 1. The molecule has 2 atom stereocenters. The standard InChI is InChI=1S/C33H26N8/c1-34-27-20-11-3-2-10-19(20)18-35-28-21-12-4-5-13-22(21)30(37-28)39-32-25-16-8-9-17-26(25)33(41-32)40-31-24-15-7-6-14-23(24)29(36-27)38-31/h2-17,29,31,38H,18H2,1H3,(H,34,36)(H,35,37,39,40,41). The predicted octanol–water partition coefficient (Wildman–Crippen LogP) is 4.09. The summed E-state index contributed by atoms with van der Waals surface area (Å²) in [7, 11) is 1.81. The molecule has 0 fully saturated rings. The van der Waals surface area contributed by atoms with Crippen LogP contribution < -0.4 is 21.6 Å². The van der Waals surface area contributed by atoms with Gasteiger partial charge in [-0.05, 0) is 16.7 Å². The molecule has 41 heavy (non-hydrogen) atoms. The Hall–Kier alpha value is -5.21. The van der Waals surface area contributed by atoms with E-state index in [1.54, 1.807) is 0 Å². The quantitative estimate of drug-likeness (QED) is 0.279. The minimum absolute atomic E-state index is 0.174. The molecule has 8 rings (SSSR count). The average Bonchev–Trinajstić information content (AvgIpc) is 3.67. The van der Waals surface area contributed by atoms with Crippen molar-refractivity contribution in [2.24, 2.45) is 25.0 Å². The van der Waals surface area contributed by atoms with Crippen LogP contribution in [0.1, 0.15) is 45.7 Å². The van der Waals surface area contributed by atoms with Gasteiger partial charge in [0, 0.05) is 34.5 Å². The highest BCUT2D eigenvalue weighted by atomic mass is 15.2. The van der Waals surface area contributed by atoms with Crippen LogP contribution in [0.25, 0.3) is 10.8 Å². The molecule has 5 aromatic rings. The third-order valence-electron chi connectivity index (χ3n) is 7.87. The Morgan fingerprint density at radius 2 is 1.34 bits per heavy atom. The summed E-state index contributed by atoms with van der Waals surface area (Å²) >= 11 is 0.